The van der Waals surface area contributed by atoms with Crippen molar-refractivity contribution in [1.29, 1.82) is 0 Å². The fourth-order valence-corrected chi connectivity index (χ4v) is 3.94. The number of benzene rings is 1. The Labute approximate surface area is 148 Å². The summed E-state index contributed by atoms with van der Waals surface area (Å²) in [6.45, 7) is 2.31. The van der Waals surface area contributed by atoms with E-state index >= 15 is 0 Å². The molecule has 1 amide bonds. The molecular weight excluding hydrogens is 341 g/mol. The standard InChI is InChI=1S/C18H16FN3O2S/c19-13-4-1-3-12(9-13)10-22-7-6-14-16(11-22)25-18(20-14)21-17(23)15-5-2-8-24-15/h1-5,8-9H,6-7,10-11H2,(H,20,21,23). The fraction of sp³-hybridized carbons (Fsp3) is 0.222. The van der Waals surface area contributed by atoms with Gasteiger partial charge in [-0.1, -0.05) is 12.1 Å². The average Bonchev–Trinajstić information content (AvgIpc) is 3.23. The van der Waals surface area contributed by atoms with E-state index < -0.39 is 0 Å². The average molecular weight is 357 g/mol. The molecule has 1 aliphatic rings. The van der Waals surface area contributed by atoms with Gasteiger partial charge in [0.25, 0.3) is 5.91 Å². The Hall–Kier alpha value is -2.51. The second-order valence-electron chi connectivity index (χ2n) is 5.91. The third-order valence-corrected chi connectivity index (χ3v) is 5.07. The summed E-state index contributed by atoms with van der Waals surface area (Å²) in [5.74, 6) is -0.246. The van der Waals surface area contributed by atoms with Gasteiger partial charge in [-0.05, 0) is 29.8 Å². The molecule has 128 valence electrons. The number of furan rings is 1. The van der Waals surface area contributed by atoms with Crippen LogP contribution in [0.4, 0.5) is 9.52 Å². The molecule has 0 radical (unpaired) electrons. The predicted molar refractivity (Wildman–Crippen MR) is 93.0 cm³/mol. The van der Waals surface area contributed by atoms with Crippen molar-refractivity contribution in [3.63, 3.8) is 0 Å². The number of amides is 1. The van der Waals surface area contributed by atoms with Gasteiger partial charge in [-0.25, -0.2) is 9.37 Å². The first-order valence-corrected chi connectivity index (χ1v) is 8.79. The number of aromatic nitrogens is 1. The van der Waals surface area contributed by atoms with Crippen LogP contribution in [0.15, 0.2) is 47.1 Å². The number of rotatable bonds is 4. The monoisotopic (exact) mass is 357 g/mol. The van der Waals surface area contributed by atoms with Gasteiger partial charge in [0.05, 0.1) is 12.0 Å². The Balaban J connectivity index is 1.43. The van der Waals surface area contributed by atoms with Gasteiger partial charge in [0, 0.05) is 30.9 Å². The first-order chi connectivity index (χ1) is 12.2. The zero-order valence-electron chi connectivity index (χ0n) is 13.4. The van der Waals surface area contributed by atoms with Crippen molar-refractivity contribution >= 4 is 22.4 Å². The summed E-state index contributed by atoms with van der Waals surface area (Å²) in [4.78, 5) is 19.9. The van der Waals surface area contributed by atoms with Gasteiger partial charge in [0.15, 0.2) is 10.9 Å². The maximum atomic E-state index is 13.3. The Morgan fingerprint density at radius 1 is 1.36 bits per heavy atom. The quantitative estimate of drug-likeness (QED) is 0.774. The Morgan fingerprint density at radius 2 is 2.28 bits per heavy atom. The van der Waals surface area contributed by atoms with Crippen LogP contribution in [0.2, 0.25) is 0 Å². The molecule has 3 heterocycles. The van der Waals surface area contributed by atoms with Crippen LogP contribution in [-0.2, 0) is 19.5 Å². The number of nitrogens with one attached hydrogen (secondary N) is 1. The molecule has 0 atom stereocenters. The lowest BCUT2D eigenvalue weighted by molar-refractivity contribution is 0.0996. The lowest BCUT2D eigenvalue weighted by Crippen LogP contribution is -2.29. The molecule has 0 fully saturated rings. The highest BCUT2D eigenvalue weighted by Crippen LogP contribution is 2.29. The molecule has 1 N–H and O–H groups in total. The third kappa shape index (κ3) is 3.62. The van der Waals surface area contributed by atoms with E-state index in [4.69, 9.17) is 4.42 Å². The molecule has 0 bridgehead atoms. The number of anilines is 1. The molecule has 7 heteroatoms. The number of hydrogen-bond donors (Lipinski definition) is 1. The second-order valence-corrected chi connectivity index (χ2v) is 6.99. The molecule has 5 nitrogen and oxygen atoms in total. The molecule has 0 saturated heterocycles. The Morgan fingerprint density at radius 3 is 3.08 bits per heavy atom. The van der Waals surface area contributed by atoms with Crippen LogP contribution in [0.1, 0.15) is 26.7 Å². The van der Waals surface area contributed by atoms with Crippen molar-refractivity contribution < 1.29 is 13.6 Å². The zero-order chi connectivity index (χ0) is 17.2. The maximum Gasteiger partial charge on any atom is 0.293 e. The van der Waals surface area contributed by atoms with Gasteiger partial charge in [-0.15, -0.1) is 11.3 Å². The summed E-state index contributed by atoms with van der Waals surface area (Å²) in [5.41, 5.74) is 1.98. The molecule has 0 saturated carbocycles. The third-order valence-electron chi connectivity index (χ3n) is 4.07. The van der Waals surface area contributed by atoms with Crippen molar-refractivity contribution in [1.82, 2.24) is 9.88 Å². The van der Waals surface area contributed by atoms with E-state index in [2.05, 4.69) is 15.2 Å². The van der Waals surface area contributed by atoms with Crippen LogP contribution in [0.5, 0.6) is 0 Å². The van der Waals surface area contributed by atoms with Gasteiger partial charge in [0.2, 0.25) is 0 Å². The van der Waals surface area contributed by atoms with Gasteiger partial charge in [-0.3, -0.25) is 15.0 Å². The number of carbonyl (C=O) groups excluding carboxylic acids is 1. The van der Waals surface area contributed by atoms with E-state index in [0.29, 0.717) is 11.7 Å². The van der Waals surface area contributed by atoms with Gasteiger partial charge < -0.3 is 4.42 Å². The van der Waals surface area contributed by atoms with E-state index in [1.807, 2.05) is 6.07 Å². The van der Waals surface area contributed by atoms with Crippen LogP contribution in [-0.4, -0.2) is 22.3 Å². The first-order valence-electron chi connectivity index (χ1n) is 7.97. The van der Waals surface area contributed by atoms with E-state index in [0.717, 1.165) is 35.6 Å². The minimum absolute atomic E-state index is 0.212. The lowest BCUT2D eigenvalue weighted by atomic mass is 10.1. The lowest BCUT2D eigenvalue weighted by Gasteiger charge is -2.25. The zero-order valence-corrected chi connectivity index (χ0v) is 14.2. The van der Waals surface area contributed by atoms with Crippen molar-refractivity contribution in [3.8, 4) is 0 Å². The predicted octanol–water partition coefficient (Wildman–Crippen LogP) is 3.69. The highest BCUT2D eigenvalue weighted by Gasteiger charge is 2.22. The van der Waals surface area contributed by atoms with Crippen LogP contribution < -0.4 is 5.32 Å². The summed E-state index contributed by atoms with van der Waals surface area (Å²) in [5, 5.41) is 3.36. The number of fused-ring (bicyclic) bond motifs is 1. The Bertz CT molecular complexity index is 892. The molecule has 0 unspecified atom stereocenters. The van der Waals surface area contributed by atoms with Crippen LogP contribution in [0.25, 0.3) is 0 Å². The smallest absolute Gasteiger partial charge is 0.293 e. The number of halogens is 1. The SMILES string of the molecule is O=C(Nc1nc2c(s1)CN(Cc1cccc(F)c1)CC2)c1ccco1. The highest BCUT2D eigenvalue weighted by molar-refractivity contribution is 7.15. The second kappa shape index (κ2) is 6.78. The van der Waals surface area contributed by atoms with Gasteiger partial charge >= 0.3 is 0 Å². The van der Waals surface area contributed by atoms with Crippen molar-refractivity contribution in [2.24, 2.45) is 0 Å². The minimum Gasteiger partial charge on any atom is -0.459 e. The number of nitrogens with zero attached hydrogens (tertiary/aromatic N) is 2. The molecule has 4 rings (SSSR count). The minimum atomic E-state index is -0.298. The van der Waals surface area contributed by atoms with E-state index in [1.54, 1.807) is 24.3 Å². The van der Waals surface area contributed by atoms with E-state index in [-0.39, 0.29) is 17.5 Å². The van der Waals surface area contributed by atoms with E-state index in [1.165, 1.54) is 23.7 Å². The molecule has 0 spiro atoms. The molecule has 1 aromatic carbocycles. The van der Waals surface area contributed by atoms with Crippen LogP contribution >= 0.6 is 11.3 Å². The van der Waals surface area contributed by atoms with Crippen LogP contribution in [0.3, 0.4) is 0 Å². The number of carbonyl (C=O) groups is 1. The van der Waals surface area contributed by atoms with Gasteiger partial charge in [0.1, 0.15) is 5.82 Å². The van der Waals surface area contributed by atoms with Gasteiger partial charge in [-0.2, -0.15) is 0 Å². The molecule has 1 aliphatic heterocycles. The maximum absolute atomic E-state index is 13.3. The topological polar surface area (TPSA) is 58.4 Å². The first kappa shape index (κ1) is 16.0. The van der Waals surface area contributed by atoms with Crippen molar-refractivity contribution in [2.45, 2.75) is 19.5 Å². The normalized spacial score (nSPS) is 14.3. The molecule has 0 aliphatic carbocycles. The molecule has 25 heavy (non-hydrogen) atoms. The molecule has 3 aromatic rings. The molecular formula is C18H16FN3O2S. The summed E-state index contributed by atoms with van der Waals surface area (Å²) >= 11 is 1.48. The van der Waals surface area contributed by atoms with Crippen molar-refractivity contribution in [2.75, 3.05) is 11.9 Å². The Kier molecular flexibility index (Phi) is 4.33. The number of hydrogen-bond acceptors (Lipinski definition) is 5. The summed E-state index contributed by atoms with van der Waals surface area (Å²) < 4.78 is 18.4. The van der Waals surface area contributed by atoms with E-state index in [9.17, 15) is 9.18 Å². The highest BCUT2D eigenvalue weighted by atomic mass is 32.1. The van der Waals surface area contributed by atoms with Crippen molar-refractivity contribution in [3.05, 3.63) is 70.4 Å². The molecule has 2 aromatic heterocycles. The largest absolute Gasteiger partial charge is 0.459 e. The summed E-state index contributed by atoms with van der Waals surface area (Å²) in [6, 6.07) is 9.97. The number of thiazole rings is 1. The van der Waals surface area contributed by atoms with Crippen LogP contribution in [0, 0.1) is 5.82 Å². The fourth-order valence-electron chi connectivity index (χ4n) is 2.90. The summed E-state index contributed by atoms with van der Waals surface area (Å²) in [6.07, 6.45) is 2.28. The summed E-state index contributed by atoms with van der Waals surface area (Å²) in [7, 11) is 0.